The second-order valence-electron chi connectivity index (χ2n) is 6.73. The van der Waals surface area contributed by atoms with Gasteiger partial charge in [0.2, 0.25) is 5.91 Å². The van der Waals surface area contributed by atoms with Crippen LogP contribution in [0.2, 0.25) is 0 Å². The molecule has 1 unspecified atom stereocenters. The Hall–Kier alpha value is -2.86. The lowest BCUT2D eigenvalue weighted by Crippen LogP contribution is -2.40. The second kappa shape index (κ2) is 10.5. The van der Waals surface area contributed by atoms with Crippen molar-refractivity contribution in [1.29, 1.82) is 0 Å². The molecule has 1 atom stereocenters. The van der Waals surface area contributed by atoms with Crippen molar-refractivity contribution in [3.63, 3.8) is 0 Å². The third kappa shape index (κ3) is 5.82. The number of nitrogens with one attached hydrogen (secondary N) is 2. The van der Waals surface area contributed by atoms with Crippen LogP contribution in [-0.2, 0) is 4.79 Å². The first kappa shape index (κ1) is 21.4. The highest BCUT2D eigenvalue weighted by Gasteiger charge is 2.17. The molecule has 2 aromatic carbocycles. The predicted molar refractivity (Wildman–Crippen MR) is 113 cm³/mol. The average Bonchev–Trinajstić information content (AvgIpc) is 2.72. The van der Waals surface area contributed by atoms with Crippen molar-refractivity contribution in [2.75, 3.05) is 31.3 Å². The number of ether oxygens (including phenoxy) is 1. The average molecular weight is 383 g/mol. The van der Waals surface area contributed by atoms with Crippen LogP contribution in [0.25, 0.3) is 0 Å². The molecule has 2 aromatic rings. The highest BCUT2D eigenvalue weighted by Crippen LogP contribution is 2.23. The van der Waals surface area contributed by atoms with E-state index in [4.69, 9.17) is 4.74 Å². The van der Waals surface area contributed by atoms with Gasteiger partial charge in [-0.25, -0.2) is 0 Å². The van der Waals surface area contributed by atoms with Gasteiger partial charge < -0.3 is 15.4 Å². The molecule has 2 N–H and O–H groups in total. The SMILES string of the molecule is CCCCN(C)C(C)C(=O)Nc1ccc(C(=O)Nc2ccccc2OC)cc1. The van der Waals surface area contributed by atoms with Gasteiger partial charge in [0.05, 0.1) is 18.8 Å². The van der Waals surface area contributed by atoms with Gasteiger partial charge in [0.15, 0.2) is 0 Å². The van der Waals surface area contributed by atoms with Gasteiger partial charge in [-0.1, -0.05) is 25.5 Å². The number of likely N-dealkylation sites (N-methyl/N-ethyl adjacent to an activating group) is 1. The molecule has 0 radical (unpaired) electrons. The Kier molecular flexibility index (Phi) is 8.02. The fourth-order valence-electron chi connectivity index (χ4n) is 2.70. The molecule has 0 aromatic heterocycles. The van der Waals surface area contributed by atoms with E-state index in [2.05, 4.69) is 17.6 Å². The standard InChI is InChI=1S/C22H29N3O3/c1-5-6-15-25(3)16(2)21(26)23-18-13-11-17(12-14-18)22(27)24-19-9-7-8-10-20(19)28-4/h7-14,16H,5-6,15H2,1-4H3,(H,23,26)(H,24,27). The minimum absolute atomic E-state index is 0.0650. The molecule has 150 valence electrons. The molecule has 2 amide bonds. The molecule has 2 rings (SSSR count). The maximum absolute atomic E-state index is 12.5. The molecule has 6 nitrogen and oxygen atoms in total. The topological polar surface area (TPSA) is 70.7 Å². The fraction of sp³-hybridized carbons (Fsp3) is 0.364. The van der Waals surface area contributed by atoms with Crippen LogP contribution >= 0.6 is 0 Å². The Bertz CT molecular complexity index is 790. The molecule has 0 aliphatic rings. The number of carbonyl (C=O) groups is 2. The van der Waals surface area contributed by atoms with E-state index in [9.17, 15) is 9.59 Å². The van der Waals surface area contributed by atoms with Gasteiger partial charge in [-0.3, -0.25) is 14.5 Å². The molecule has 6 heteroatoms. The monoisotopic (exact) mass is 383 g/mol. The molecule has 0 aliphatic heterocycles. The highest BCUT2D eigenvalue weighted by molar-refractivity contribution is 6.05. The molecule has 0 aliphatic carbocycles. The minimum Gasteiger partial charge on any atom is -0.495 e. The summed E-state index contributed by atoms with van der Waals surface area (Å²) in [5.41, 5.74) is 1.77. The predicted octanol–water partition coefficient (Wildman–Crippen LogP) is 4.01. The molecule has 0 bridgehead atoms. The van der Waals surface area contributed by atoms with E-state index in [1.54, 1.807) is 43.5 Å². The number of hydrogen-bond acceptors (Lipinski definition) is 4. The molecule has 28 heavy (non-hydrogen) atoms. The van der Waals surface area contributed by atoms with Gasteiger partial charge >= 0.3 is 0 Å². The van der Waals surface area contributed by atoms with Crippen LogP contribution in [0.1, 0.15) is 37.0 Å². The van der Waals surface area contributed by atoms with Gasteiger partial charge in [-0.05, 0) is 63.3 Å². The molecule has 0 fully saturated rings. The Labute approximate surface area is 166 Å². The number of para-hydroxylation sites is 2. The summed E-state index contributed by atoms with van der Waals surface area (Å²) >= 11 is 0. The summed E-state index contributed by atoms with van der Waals surface area (Å²) in [6, 6.07) is 13.8. The summed E-state index contributed by atoms with van der Waals surface area (Å²) in [6.45, 7) is 4.90. The number of rotatable bonds is 9. The van der Waals surface area contributed by atoms with Gasteiger partial charge in [-0.2, -0.15) is 0 Å². The Balaban J connectivity index is 1.97. The minimum atomic E-state index is -0.241. The summed E-state index contributed by atoms with van der Waals surface area (Å²) in [7, 11) is 3.51. The largest absolute Gasteiger partial charge is 0.495 e. The van der Waals surface area contributed by atoms with Crippen molar-refractivity contribution < 1.29 is 14.3 Å². The lowest BCUT2D eigenvalue weighted by Gasteiger charge is -2.23. The normalized spacial score (nSPS) is 11.8. The third-order valence-electron chi connectivity index (χ3n) is 4.67. The van der Waals surface area contributed by atoms with Crippen LogP contribution in [0, 0.1) is 0 Å². The first-order valence-corrected chi connectivity index (χ1v) is 9.51. The van der Waals surface area contributed by atoms with Crippen LogP contribution in [0.4, 0.5) is 11.4 Å². The first-order chi connectivity index (χ1) is 13.5. The van der Waals surface area contributed by atoms with E-state index < -0.39 is 0 Å². The molecule has 0 heterocycles. The molecule has 0 saturated heterocycles. The number of methoxy groups -OCH3 is 1. The zero-order chi connectivity index (χ0) is 20.5. The lowest BCUT2D eigenvalue weighted by molar-refractivity contribution is -0.120. The maximum atomic E-state index is 12.5. The molecular weight excluding hydrogens is 354 g/mol. The summed E-state index contributed by atoms with van der Waals surface area (Å²) < 4.78 is 5.24. The van der Waals surface area contributed by atoms with Gasteiger partial charge in [0.25, 0.3) is 5.91 Å². The lowest BCUT2D eigenvalue weighted by atomic mass is 10.1. The Morgan fingerprint density at radius 3 is 2.39 bits per heavy atom. The maximum Gasteiger partial charge on any atom is 0.255 e. The number of hydrogen-bond donors (Lipinski definition) is 2. The second-order valence-corrected chi connectivity index (χ2v) is 6.73. The van der Waals surface area contributed by atoms with E-state index in [0.29, 0.717) is 22.7 Å². The fourth-order valence-corrected chi connectivity index (χ4v) is 2.70. The van der Waals surface area contributed by atoms with Crippen molar-refractivity contribution >= 4 is 23.2 Å². The van der Waals surface area contributed by atoms with Crippen molar-refractivity contribution in [1.82, 2.24) is 4.90 Å². The van der Waals surface area contributed by atoms with E-state index in [0.717, 1.165) is 19.4 Å². The quantitative estimate of drug-likeness (QED) is 0.686. The number of carbonyl (C=O) groups excluding carboxylic acids is 2. The van der Waals surface area contributed by atoms with Crippen LogP contribution in [0.5, 0.6) is 5.75 Å². The molecule has 0 saturated carbocycles. The smallest absolute Gasteiger partial charge is 0.255 e. The van der Waals surface area contributed by atoms with E-state index >= 15 is 0 Å². The summed E-state index contributed by atoms with van der Waals surface area (Å²) in [5, 5.41) is 5.73. The number of amides is 2. The summed E-state index contributed by atoms with van der Waals surface area (Å²) in [4.78, 5) is 26.9. The number of unbranched alkanes of at least 4 members (excludes halogenated alkanes) is 1. The van der Waals surface area contributed by atoms with E-state index in [1.165, 1.54) is 0 Å². The van der Waals surface area contributed by atoms with Crippen molar-refractivity contribution in [2.24, 2.45) is 0 Å². The Morgan fingerprint density at radius 2 is 1.75 bits per heavy atom. The number of anilines is 2. The summed E-state index contributed by atoms with van der Waals surface area (Å²) in [5.74, 6) is 0.292. The van der Waals surface area contributed by atoms with Crippen LogP contribution in [0.15, 0.2) is 48.5 Å². The van der Waals surface area contributed by atoms with Crippen molar-refractivity contribution in [3.8, 4) is 5.75 Å². The first-order valence-electron chi connectivity index (χ1n) is 9.51. The van der Waals surface area contributed by atoms with Crippen LogP contribution in [-0.4, -0.2) is 43.5 Å². The summed E-state index contributed by atoms with van der Waals surface area (Å²) in [6.07, 6.45) is 2.15. The van der Waals surface area contributed by atoms with Crippen molar-refractivity contribution in [2.45, 2.75) is 32.7 Å². The van der Waals surface area contributed by atoms with Crippen LogP contribution < -0.4 is 15.4 Å². The van der Waals surface area contributed by atoms with Gasteiger partial charge in [-0.15, -0.1) is 0 Å². The molecule has 0 spiro atoms. The van der Waals surface area contributed by atoms with Crippen molar-refractivity contribution in [3.05, 3.63) is 54.1 Å². The van der Waals surface area contributed by atoms with Crippen LogP contribution in [0.3, 0.4) is 0 Å². The van der Waals surface area contributed by atoms with E-state index in [-0.39, 0.29) is 17.9 Å². The Morgan fingerprint density at radius 1 is 1.07 bits per heavy atom. The highest BCUT2D eigenvalue weighted by atomic mass is 16.5. The zero-order valence-electron chi connectivity index (χ0n) is 17.0. The van der Waals surface area contributed by atoms with E-state index in [1.807, 2.05) is 31.0 Å². The number of benzene rings is 2. The zero-order valence-corrected chi connectivity index (χ0v) is 17.0. The number of nitrogens with zero attached hydrogens (tertiary/aromatic N) is 1. The van der Waals surface area contributed by atoms with Gasteiger partial charge in [0, 0.05) is 11.3 Å². The van der Waals surface area contributed by atoms with Gasteiger partial charge in [0.1, 0.15) is 5.75 Å². The molecular formula is C22H29N3O3. The third-order valence-corrected chi connectivity index (χ3v) is 4.67.